The fourth-order valence-electron chi connectivity index (χ4n) is 2.60. The number of benzene rings is 2. The molecule has 0 radical (unpaired) electrons. The van der Waals surface area contributed by atoms with Crippen LogP contribution in [-0.2, 0) is 0 Å². The molecule has 3 aromatic rings. The van der Waals surface area contributed by atoms with E-state index in [0.717, 1.165) is 34.3 Å². The summed E-state index contributed by atoms with van der Waals surface area (Å²) in [5.74, 6) is 0. The highest BCUT2D eigenvalue weighted by atomic mass is 35.5. The average molecular weight is 398 g/mol. The van der Waals surface area contributed by atoms with E-state index < -0.39 is 0 Å². The number of hydrogen-bond donors (Lipinski definition) is 1. The van der Waals surface area contributed by atoms with E-state index in [1.165, 1.54) is 0 Å². The summed E-state index contributed by atoms with van der Waals surface area (Å²) in [6.07, 6.45) is 3.82. The first-order valence-electron chi connectivity index (χ1n) is 7.76. The second-order valence-electron chi connectivity index (χ2n) is 5.57. The Hall–Kier alpha value is -2.41. The van der Waals surface area contributed by atoms with Gasteiger partial charge in [-0.15, -0.1) is 0 Å². The van der Waals surface area contributed by atoms with Crippen LogP contribution in [0.5, 0.6) is 0 Å². The van der Waals surface area contributed by atoms with Crippen molar-refractivity contribution in [3.05, 3.63) is 76.3 Å². The molecule has 4 rings (SSSR count). The lowest BCUT2D eigenvalue weighted by Crippen LogP contribution is -2.15. The summed E-state index contributed by atoms with van der Waals surface area (Å²) in [5.41, 5.74) is 3.55. The second kappa shape index (κ2) is 7.07. The van der Waals surface area contributed by atoms with Crippen molar-refractivity contribution in [1.82, 2.24) is 15.1 Å². The monoisotopic (exact) mass is 397 g/mol. The van der Waals surface area contributed by atoms with Crippen LogP contribution in [0.1, 0.15) is 5.56 Å². The van der Waals surface area contributed by atoms with Gasteiger partial charge in [0.15, 0.2) is 0 Å². The van der Waals surface area contributed by atoms with Crippen molar-refractivity contribution < 1.29 is 4.79 Å². The van der Waals surface area contributed by atoms with Gasteiger partial charge in [-0.2, -0.15) is 5.10 Å². The molecule has 1 aliphatic rings. The van der Waals surface area contributed by atoms with Crippen LogP contribution >= 0.6 is 35.6 Å². The number of rotatable bonds is 3. The van der Waals surface area contributed by atoms with Gasteiger partial charge in [-0.3, -0.25) is 4.79 Å². The third kappa shape index (κ3) is 3.44. The van der Waals surface area contributed by atoms with Crippen LogP contribution in [0.4, 0.5) is 4.79 Å². The highest BCUT2D eigenvalue weighted by Crippen LogP contribution is 2.31. The van der Waals surface area contributed by atoms with Gasteiger partial charge in [0.1, 0.15) is 4.99 Å². The molecule has 0 spiro atoms. The summed E-state index contributed by atoms with van der Waals surface area (Å²) < 4.78 is 1.81. The maximum atomic E-state index is 11.6. The molecule has 1 N–H and O–H groups in total. The number of aromatic nitrogens is 2. The molecule has 1 fully saturated rings. The number of carbonyl (C=O) groups is 1. The van der Waals surface area contributed by atoms with Crippen molar-refractivity contribution in [2.75, 3.05) is 0 Å². The average Bonchev–Trinajstić information content (AvgIpc) is 3.20. The van der Waals surface area contributed by atoms with Gasteiger partial charge >= 0.3 is 0 Å². The lowest BCUT2D eigenvalue weighted by molar-refractivity contribution is 0.265. The van der Waals surface area contributed by atoms with Gasteiger partial charge in [0, 0.05) is 22.3 Å². The second-order valence-corrected chi connectivity index (χ2v) is 7.43. The van der Waals surface area contributed by atoms with E-state index >= 15 is 0 Å². The summed E-state index contributed by atoms with van der Waals surface area (Å²) in [5, 5.41) is 7.88. The first-order chi connectivity index (χ1) is 12.6. The third-order valence-corrected chi connectivity index (χ3v) is 5.34. The Morgan fingerprint density at radius 3 is 2.50 bits per heavy atom. The van der Waals surface area contributed by atoms with Crippen LogP contribution < -0.4 is 5.32 Å². The van der Waals surface area contributed by atoms with E-state index in [-0.39, 0.29) is 5.24 Å². The van der Waals surface area contributed by atoms with Crippen molar-refractivity contribution in [1.29, 1.82) is 0 Å². The first-order valence-corrected chi connectivity index (χ1v) is 9.36. The maximum absolute atomic E-state index is 11.6. The number of para-hydroxylation sites is 1. The van der Waals surface area contributed by atoms with Crippen LogP contribution in [0.25, 0.3) is 23.0 Å². The van der Waals surface area contributed by atoms with Crippen molar-refractivity contribution in [3.8, 4) is 16.9 Å². The molecule has 2 heterocycles. The minimum Gasteiger partial charge on any atom is -0.307 e. The SMILES string of the molecule is O=C1NC(=S)/C(=C\c2cn(-c3ccccc3)nc2-c2ccc(Cl)cc2)S1. The van der Waals surface area contributed by atoms with Crippen LogP contribution in [-0.4, -0.2) is 20.0 Å². The quantitative estimate of drug-likeness (QED) is 0.480. The lowest BCUT2D eigenvalue weighted by atomic mass is 10.1. The smallest absolute Gasteiger partial charge is 0.289 e. The molecule has 1 aromatic heterocycles. The zero-order chi connectivity index (χ0) is 18.1. The number of carbonyl (C=O) groups excluding carboxylic acids is 1. The molecule has 128 valence electrons. The largest absolute Gasteiger partial charge is 0.307 e. The number of thioether (sulfide) groups is 1. The van der Waals surface area contributed by atoms with E-state index in [1.54, 1.807) is 0 Å². The number of halogens is 1. The van der Waals surface area contributed by atoms with Crippen LogP contribution in [0, 0.1) is 0 Å². The van der Waals surface area contributed by atoms with Gasteiger partial charge < -0.3 is 5.32 Å². The zero-order valence-electron chi connectivity index (χ0n) is 13.3. The molecule has 7 heteroatoms. The Bertz CT molecular complexity index is 1030. The minimum atomic E-state index is -0.162. The summed E-state index contributed by atoms with van der Waals surface area (Å²) in [7, 11) is 0. The van der Waals surface area contributed by atoms with Crippen molar-refractivity contribution in [3.63, 3.8) is 0 Å². The molecule has 0 bridgehead atoms. The van der Waals surface area contributed by atoms with E-state index in [2.05, 4.69) is 5.32 Å². The van der Waals surface area contributed by atoms with E-state index in [0.29, 0.717) is 14.9 Å². The van der Waals surface area contributed by atoms with Gasteiger partial charge in [0.2, 0.25) is 0 Å². The molecular weight excluding hydrogens is 386 g/mol. The molecule has 0 unspecified atom stereocenters. The summed E-state index contributed by atoms with van der Waals surface area (Å²) in [4.78, 5) is 12.7. The Morgan fingerprint density at radius 2 is 1.85 bits per heavy atom. The Kier molecular flexibility index (Phi) is 4.63. The predicted molar refractivity (Wildman–Crippen MR) is 111 cm³/mol. The van der Waals surface area contributed by atoms with Crippen molar-refractivity contribution in [2.24, 2.45) is 0 Å². The molecule has 26 heavy (non-hydrogen) atoms. The summed E-state index contributed by atoms with van der Waals surface area (Å²) in [6.45, 7) is 0. The maximum Gasteiger partial charge on any atom is 0.289 e. The number of hydrogen-bond acceptors (Lipinski definition) is 4. The molecule has 0 aliphatic carbocycles. The molecule has 1 saturated heterocycles. The number of amides is 1. The zero-order valence-corrected chi connectivity index (χ0v) is 15.7. The van der Waals surface area contributed by atoms with E-state index in [4.69, 9.17) is 28.9 Å². The van der Waals surface area contributed by atoms with Gasteiger partial charge in [-0.1, -0.05) is 54.2 Å². The molecule has 0 atom stereocenters. The summed E-state index contributed by atoms with van der Waals surface area (Å²) >= 11 is 12.3. The normalized spacial score (nSPS) is 15.5. The van der Waals surface area contributed by atoms with E-state index in [1.807, 2.05) is 71.6 Å². The van der Waals surface area contributed by atoms with Gasteiger partial charge in [-0.25, -0.2) is 4.68 Å². The van der Waals surface area contributed by atoms with Gasteiger partial charge in [0.25, 0.3) is 5.24 Å². The van der Waals surface area contributed by atoms with Crippen molar-refractivity contribution >= 4 is 51.9 Å². The number of nitrogens with zero attached hydrogens (tertiary/aromatic N) is 2. The predicted octanol–water partition coefficient (Wildman–Crippen LogP) is 5.32. The molecule has 1 aliphatic heterocycles. The fourth-order valence-corrected chi connectivity index (χ4v) is 3.75. The molecule has 4 nitrogen and oxygen atoms in total. The Labute approximate surface area is 164 Å². The highest BCUT2D eigenvalue weighted by molar-refractivity contribution is 8.19. The Balaban J connectivity index is 1.84. The number of thiocarbonyl (C=S) groups is 1. The van der Waals surface area contributed by atoms with Crippen molar-refractivity contribution in [2.45, 2.75) is 0 Å². The lowest BCUT2D eigenvalue weighted by Gasteiger charge is -2.01. The minimum absolute atomic E-state index is 0.162. The third-order valence-electron chi connectivity index (χ3n) is 3.81. The highest BCUT2D eigenvalue weighted by Gasteiger charge is 2.22. The van der Waals surface area contributed by atoms with E-state index in [9.17, 15) is 4.79 Å². The Morgan fingerprint density at radius 1 is 1.12 bits per heavy atom. The topological polar surface area (TPSA) is 46.9 Å². The standard InChI is InChI=1S/C19H12ClN3OS2/c20-14-8-6-12(7-9-14)17-13(10-16-18(25)21-19(24)26-16)11-23(22-17)15-4-2-1-3-5-15/h1-11H,(H,21,24,25)/b16-10+. The van der Waals surface area contributed by atoms with Gasteiger partial charge in [0.05, 0.1) is 16.3 Å². The van der Waals surface area contributed by atoms with Crippen LogP contribution in [0.3, 0.4) is 0 Å². The first kappa shape index (κ1) is 17.0. The molecular formula is C19H12ClN3OS2. The van der Waals surface area contributed by atoms with Crippen LogP contribution in [0.2, 0.25) is 5.02 Å². The van der Waals surface area contributed by atoms with Gasteiger partial charge in [-0.05, 0) is 42.1 Å². The molecule has 2 aromatic carbocycles. The molecule has 0 saturated carbocycles. The van der Waals surface area contributed by atoms with Crippen LogP contribution in [0.15, 0.2) is 65.7 Å². The summed E-state index contributed by atoms with van der Waals surface area (Å²) in [6, 6.07) is 17.3. The number of nitrogens with one attached hydrogen (secondary N) is 1. The fraction of sp³-hybridized carbons (Fsp3) is 0. The molecule has 1 amide bonds.